The van der Waals surface area contributed by atoms with Crippen LogP contribution in [0.5, 0.6) is 5.75 Å². The number of aliphatic imine (C=N–C) groups is 1. The lowest BCUT2D eigenvalue weighted by molar-refractivity contribution is 0.317. The molecule has 3 aromatic carbocycles. The summed E-state index contributed by atoms with van der Waals surface area (Å²) in [6.07, 6.45) is 0.974. The second kappa shape index (κ2) is 8.43. The Balaban J connectivity index is 1.50. The summed E-state index contributed by atoms with van der Waals surface area (Å²) < 4.78 is 39.0. The molecule has 0 aliphatic carbocycles. The second-order valence-electron chi connectivity index (χ2n) is 6.85. The van der Waals surface area contributed by atoms with Crippen LogP contribution >= 0.6 is 0 Å². The molecule has 3 nitrogen and oxygen atoms in total. The maximum Gasteiger partial charge on any atom is 0.222 e. The van der Waals surface area contributed by atoms with Crippen molar-refractivity contribution in [1.29, 1.82) is 0 Å². The summed E-state index contributed by atoms with van der Waals surface area (Å²) >= 11 is 0. The van der Waals surface area contributed by atoms with Crippen molar-refractivity contribution in [3.63, 3.8) is 0 Å². The summed E-state index contributed by atoms with van der Waals surface area (Å²) in [5.74, 6) is -0.480. The lowest BCUT2D eigenvalue weighted by Gasteiger charge is -2.08. The summed E-state index contributed by atoms with van der Waals surface area (Å²) in [5.41, 5.74) is 2.88. The predicted octanol–water partition coefficient (Wildman–Crippen LogP) is 5.94. The van der Waals surface area contributed by atoms with Crippen LogP contribution in [0.25, 0.3) is 11.1 Å². The highest BCUT2D eigenvalue weighted by atomic mass is 19.1. The highest BCUT2D eigenvalue weighted by Gasteiger charge is 2.26. The van der Waals surface area contributed by atoms with Gasteiger partial charge in [0.2, 0.25) is 5.90 Å². The summed E-state index contributed by atoms with van der Waals surface area (Å²) in [7, 11) is 0. The maximum absolute atomic E-state index is 14.0. The first-order valence-electron chi connectivity index (χ1n) is 9.64. The highest BCUT2D eigenvalue weighted by Crippen LogP contribution is 2.29. The van der Waals surface area contributed by atoms with Gasteiger partial charge in [0.15, 0.2) is 0 Å². The molecule has 0 bridgehead atoms. The van der Waals surface area contributed by atoms with E-state index in [-0.39, 0.29) is 24.1 Å². The van der Waals surface area contributed by atoms with Crippen LogP contribution in [0.1, 0.15) is 30.5 Å². The van der Waals surface area contributed by atoms with Crippen molar-refractivity contribution in [2.75, 3.05) is 13.2 Å². The lowest BCUT2D eigenvalue weighted by Crippen LogP contribution is -2.07. The number of ether oxygens (including phenoxy) is 2. The largest absolute Gasteiger partial charge is 0.494 e. The molecule has 148 valence electrons. The number of rotatable bonds is 6. The van der Waals surface area contributed by atoms with E-state index in [1.807, 2.05) is 48.5 Å². The van der Waals surface area contributed by atoms with E-state index in [4.69, 9.17) is 9.47 Å². The third kappa shape index (κ3) is 4.14. The molecular weight excluding hydrogens is 372 g/mol. The van der Waals surface area contributed by atoms with Crippen LogP contribution in [-0.4, -0.2) is 19.1 Å². The molecule has 0 spiro atoms. The molecular formula is C24H21F2NO2. The molecule has 1 atom stereocenters. The highest BCUT2D eigenvalue weighted by molar-refractivity contribution is 5.95. The lowest BCUT2D eigenvalue weighted by atomic mass is 10.0. The molecule has 4 rings (SSSR count). The molecule has 3 aromatic rings. The van der Waals surface area contributed by atoms with Crippen LogP contribution in [0, 0.1) is 11.6 Å². The SMILES string of the molecule is CCCOc1ccc(-c2ccc(C3COC(c4c(F)cccc4F)=N3)cc2)cc1. The van der Waals surface area contributed by atoms with Gasteiger partial charge < -0.3 is 9.47 Å². The van der Waals surface area contributed by atoms with Crippen LogP contribution in [0.15, 0.2) is 71.7 Å². The first-order chi connectivity index (χ1) is 14.2. The van der Waals surface area contributed by atoms with E-state index in [9.17, 15) is 8.78 Å². The van der Waals surface area contributed by atoms with Gasteiger partial charge in [-0.05, 0) is 47.4 Å². The summed E-state index contributed by atoms with van der Waals surface area (Å²) in [6.45, 7) is 3.04. The van der Waals surface area contributed by atoms with Gasteiger partial charge in [-0.3, -0.25) is 0 Å². The van der Waals surface area contributed by atoms with Crippen molar-refractivity contribution in [3.8, 4) is 16.9 Å². The van der Waals surface area contributed by atoms with Gasteiger partial charge in [-0.1, -0.05) is 49.4 Å². The number of hydrogen-bond donors (Lipinski definition) is 0. The van der Waals surface area contributed by atoms with E-state index in [0.717, 1.165) is 28.9 Å². The normalized spacial score (nSPS) is 15.7. The Labute approximate surface area is 168 Å². The van der Waals surface area contributed by atoms with Gasteiger partial charge in [-0.2, -0.15) is 0 Å². The van der Waals surface area contributed by atoms with Crippen molar-refractivity contribution in [2.45, 2.75) is 19.4 Å². The van der Waals surface area contributed by atoms with Gasteiger partial charge in [-0.25, -0.2) is 13.8 Å². The molecule has 5 heteroatoms. The number of halogens is 2. The number of hydrogen-bond acceptors (Lipinski definition) is 3. The minimum absolute atomic E-state index is 0.0114. The van der Waals surface area contributed by atoms with Gasteiger partial charge in [0.1, 0.15) is 35.6 Å². The molecule has 0 N–H and O–H groups in total. The van der Waals surface area contributed by atoms with E-state index < -0.39 is 11.6 Å². The third-order valence-electron chi connectivity index (χ3n) is 4.78. The minimum atomic E-state index is -0.675. The van der Waals surface area contributed by atoms with E-state index in [1.54, 1.807) is 0 Å². The molecule has 0 saturated carbocycles. The standard InChI is InChI=1S/C24H21F2NO2/c1-2-14-28-19-12-10-17(11-13-19)16-6-8-18(9-7-16)22-15-29-24(27-22)23-20(25)4-3-5-21(23)26/h3-13,22H,2,14-15H2,1H3. The van der Waals surface area contributed by atoms with Crippen molar-refractivity contribution in [2.24, 2.45) is 4.99 Å². The Hall–Kier alpha value is -3.21. The van der Waals surface area contributed by atoms with E-state index >= 15 is 0 Å². The predicted molar refractivity (Wildman–Crippen MR) is 109 cm³/mol. The van der Waals surface area contributed by atoms with Crippen molar-refractivity contribution >= 4 is 5.90 Å². The minimum Gasteiger partial charge on any atom is -0.494 e. The molecule has 1 aliphatic rings. The van der Waals surface area contributed by atoms with Gasteiger partial charge in [0, 0.05) is 0 Å². The van der Waals surface area contributed by atoms with Crippen LogP contribution < -0.4 is 4.74 Å². The molecule has 0 saturated heterocycles. The topological polar surface area (TPSA) is 30.8 Å². The molecule has 1 unspecified atom stereocenters. The zero-order valence-electron chi connectivity index (χ0n) is 16.1. The van der Waals surface area contributed by atoms with Gasteiger partial charge >= 0.3 is 0 Å². The summed E-state index contributed by atoms with van der Waals surface area (Å²) in [5, 5.41) is 0. The molecule has 1 aliphatic heterocycles. The smallest absolute Gasteiger partial charge is 0.222 e. The first-order valence-corrected chi connectivity index (χ1v) is 9.64. The van der Waals surface area contributed by atoms with E-state index in [0.29, 0.717) is 6.61 Å². The number of nitrogens with zero attached hydrogens (tertiary/aromatic N) is 1. The average molecular weight is 393 g/mol. The fourth-order valence-corrected chi connectivity index (χ4v) is 3.24. The Morgan fingerprint density at radius 3 is 2.17 bits per heavy atom. The molecule has 0 fully saturated rings. The summed E-state index contributed by atoms with van der Waals surface area (Å²) in [6, 6.07) is 19.4. The van der Waals surface area contributed by atoms with Crippen molar-refractivity contribution < 1.29 is 18.3 Å². The Morgan fingerprint density at radius 2 is 1.55 bits per heavy atom. The molecule has 1 heterocycles. The van der Waals surface area contributed by atoms with Crippen LogP contribution in [0.4, 0.5) is 8.78 Å². The zero-order valence-corrected chi connectivity index (χ0v) is 16.1. The van der Waals surface area contributed by atoms with E-state index in [2.05, 4.69) is 11.9 Å². The van der Waals surface area contributed by atoms with Crippen LogP contribution in [0.3, 0.4) is 0 Å². The fraction of sp³-hybridized carbons (Fsp3) is 0.208. The maximum atomic E-state index is 14.0. The molecule has 0 aromatic heterocycles. The van der Waals surface area contributed by atoms with E-state index in [1.165, 1.54) is 18.2 Å². The number of benzene rings is 3. The van der Waals surface area contributed by atoms with Gasteiger partial charge in [0.05, 0.1) is 6.61 Å². The Morgan fingerprint density at radius 1 is 0.931 bits per heavy atom. The fourth-order valence-electron chi connectivity index (χ4n) is 3.24. The second-order valence-corrected chi connectivity index (χ2v) is 6.85. The Kier molecular flexibility index (Phi) is 5.56. The first kappa shape index (κ1) is 19.1. The molecule has 0 amide bonds. The molecule has 29 heavy (non-hydrogen) atoms. The Bertz CT molecular complexity index is 994. The van der Waals surface area contributed by atoms with Gasteiger partial charge in [0.25, 0.3) is 0 Å². The van der Waals surface area contributed by atoms with Crippen molar-refractivity contribution in [1.82, 2.24) is 0 Å². The quantitative estimate of drug-likeness (QED) is 0.519. The van der Waals surface area contributed by atoms with Crippen LogP contribution in [-0.2, 0) is 4.74 Å². The summed E-state index contributed by atoms with van der Waals surface area (Å²) in [4.78, 5) is 4.39. The monoisotopic (exact) mass is 393 g/mol. The van der Waals surface area contributed by atoms with Gasteiger partial charge in [-0.15, -0.1) is 0 Å². The van der Waals surface area contributed by atoms with Crippen LogP contribution in [0.2, 0.25) is 0 Å². The molecule has 0 radical (unpaired) electrons. The third-order valence-corrected chi connectivity index (χ3v) is 4.78. The van der Waals surface area contributed by atoms with Crippen molar-refractivity contribution in [3.05, 3.63) is 89.5 Å². The average Bonchev–Trinajstić information content (AvgIpc) is 3.22. The zero-order chi connectivity index (χ0) is 20.2.